The third-order valence-electron chi connectivity index (χ3n) is 5.66. The van der Waals surface area contributed by atoms with Gasteiger partial charge in [-0.3, -0.25) is 4.79 Å². The van der Waals surface area contributed by atoms with E-state index in [0.29, 0.717) is 18.4 Å². The molecule has 0 aliphatic rings. The van der Waals surface area contributed by atoms with Crippen LogP contribution < -0.4 is 11.4 Å². The van der Waals surface area contributed by atoms with Crippen molar-refractivity contribution in [3.63, 3.8) is 0 Å². The Kier molecular flexibility index (Phi) is 8.91. The molecule has 0 aliphatic carbocycles. The van der Waals surface area contributed by atoms with Crippen molar-refractivity contribution in [2.45, 2.75) is 65.0 Å². The zero-order chi connectivity index (χ0) is 24.8. The topological polar surface area (TPSA) is 93.5 Å². The Labute approximate surface area is 191 Å². The second kappa shape index (κ2) is 11.2. The van der Waals surface area contributed by atoms with E-state index < -0.39 is 35.7 Å². The third kappa shape index (κ3) is 7.51. The number of ketones is 1. The highest BCUT2D eigenvalue weighted by Gasteiger charge is 2.27. The number of carbonyl (C=O) groups excluding carboxylic acids is 1. The number of Topliss-reactive ketones (excluding diaryl/α,β-unsaturated/α-hetero) is 1. The van der Waals surface area contributed by atoms with Crippen LogP contribution in [0.4, 0.5) is 13.2 Å². The lowest BCUT2D eigenvalue weighted by Gasteiger charge is -2.15. The lowest BCUT2D eigenvalue weighted by molar-refractivity contribution is -0.134. The highest BCUT2D eigenvalue weighted by molar-refractivity contribution is 5.99. The summed E-state index contributed by atoms with van der Waals surface area (Å²) < 4.78 is 42.7. The summed E-state index contributed by atoms with van der Waals surface area (Å²) >= 11 is 0. The monoisotopic (exact) mass is 465 g/mol. The maximum absolute atomic E-state index is 12.9. The summed E-state index contributed by atoms with van der Waals surface area (Å²) in [5, 5.41) is 10.4. The molecule has 0 saturated carbocycles. The minimum Gasteiger partial charge on any atom is -0.507 e. The molecule has 2 atom stereocenters. The fourth-order valence-electron chi connectivity index (χ4n) is 3.65. The molecule has 1 aromatic carbocycles. The number of hydrogen-bond donors (Lipinski definition) is 2. The highest BCUT2D eigenvalue weighted by Crippen LogP contribution is 2.27. The first kappa shape index (κ1) is 26.2. The van der Waals surface area contributed by atoms with Gasteiger partial charge >= 0.3 is 11.8 Å². The van der Waals surface area contributed by atoms with Crippen LogP contribution in [0.3, 0.4) is 0 Å². The Bertz CT molecular complexity index is 1060. The van der Waals surface area contributed by atoms with Crippen molar-refractivity contribution in [2.24, 2.45) is 11.7 Å². The van der Waals surface area contributed by atoms with Crippen LogP contribution in [-0.4, -0.2) is 17.1 Å². The summed E-state index contributed by atoms with van der Waals surface area (Å²) in [7, 11) is 0. The molecule has 1 heterocycles. The lowest BCUT2D eigenvalue weighted by Crippen LogP contribution is -2.22. The molecule has 2 aromatic rings. The van der Waals surface area contributed by atoms with Crippen LogP contribution in [-0.2, 0) is 12.8 Å². The molecule has 33 heavy (non-hydrogen) atoms. The number of halogens is 3. The molecule has 8 heteroatoms. The van der Waals surface area contributed by atoms with Gasteiger partial charge in [0.2, 0.25) is 0 Å². The summed E-state index contributed by atoms with van der Waals surface area (Å²) in [6.45, 7) is 5.24. The Morgan fingerprint density at radius 2 is 1.94 bits per heavy atom. The number of hydrogen-bond acceptors (Lipinski definition) is 5. The van der Waals surface area contributed by atoms with E-state index in [0.717, 1.165) is 11.1 Å². The average molecular weight is 466 g/mol. The van der Waals surface area contributed by atoms with Crippen molar-refractivity contribution in [1.82, 2.24) is 0 Å². The normalized spacial score (nSPS) is 13.9. The number of aryl methyl sites for hydroxylation is 2. The predicted octanol–water partition coefficient (Wildman–Crippen LogP) is 5.57. The Morgan fingerprint density at radius 1 is 1.24 bits per heavy atom. The first-order valence-electron chi connectivity index (χ1n) is 10.9. The number of aromatic hydroxyl groups is 1. The highest BCUT2D eigenvalue weighted by atomic mass is 19.4. The molecule has 0 bridgehead atoms. The fraction of sp³-hybridized carbons (Fsp3) is 0.440. The van der Waals surface area contributed by atoms with Crippen LogP contribution >= 0.6 is 0 Å². The lowest BCUT2D eigenvalue weighted by atomic mass is 9.90. The van der Waals surface area contributed by atoms with Crippen LogP contribution in [0, 0.1) is 12.8 Å². The number of rotatable bonds is 10. The fourth-order valence-corrected chi connectivity index (χ4v) is 3.65. The van der Waals surface area contributed by atoms with E-state index in [4.69, 9.17) is 10.2 Å². The Morgan fingerprint density at radius 3 is 2.52 bits per heavy atom. The van der Waals surface area contributed by atoms with Gasteiger partial charge in [0.05, 0.1) is 0 Å². The van der Waals surface area contributed by atoms with E-state index in [1.165, 1.54) is 12.3 Å². The average Bonchev–Trinajstić information content (AvgIpc) is 2.72. The number of benzene rings is 1. The van der Waals surface area contributed by atoms with E-state index in [-0.39, 0.29) is 30.1 Å². The van der Waals surface area contributed by atoms with Crippen molar-refractivity contribution in [2.75, 3.05) is 0 Å². The molecule has 2 rings (SSSR count). The van der Waals surface area contributed by atoms with Gasteiger partial charge in [0.1, 0.15) is 17.1 Å². The van der Waals surface area contributed by atoms with Crippen molar-refractivity contribution in [3.05, 3.63) is 75.0 Å². The largest absolute Gasteiger partial charge is 0.507 e. The summed E-state index contributed by atoms with van der Waals surface area (Å²) in [6.07, 6.45) is -0.417. The second-order valence-electron chi connectivity index (χ2n) is 8.45. The van der Waals surface area contributed by atoms with Gasteiger partial charge in [-0.05, 0) is 55.5 Å². The summed E-state index contributed by atoms with van der Waals surface area (Å²) in [4.78, 5) is 25.4. The van der Waals surface area contributed by atoms with Gasteiger partial charge in [-0.1, -0.05) is 38.1 Å². The van der Waals surface area contributed by atoms with Gasteiger partial charge in [-0.15, -0.1) is 0 Å². The molecule has 3 N–H and O–H groups in total. The first-order valence-corrected chi connectivity index (χ1v) is 10.9. The standard InChI is InChI=1S/C25H30F3NO4/c1-15(6-4-5-11-29)21-14-20(30)22(24(32)33-21)23(31)17(3)13-19-8-7-18(12-16(19)2)9-10-25(26,27)28/h5,7-8,11-12,14-15,17,30H,4,6,9-10,13,29H2,1-3H3/b11-5+/t15?,17-/m0/s1. The smallest absolute Gasteiger partial charge is 0.389 e. The third-order valence-corrected chi connectivity index (χ3v) is 5.66. The molecule has 0 saturated heterocycles. The quantitative estimate of drug-likeness (QED) is 0.448. The van der Waals surface area contributed by atoms with E-state index in [2.05, 4.69) is 0 Å². The summed E-state index contributed by atoms with van der Waals surface area (Å²) in [5.41, 5.74) is 6.15. The van der Waals surface area contributed by atoms with E-state index >= 15 is 0 Å². The van der Waals surface area contributed by atoms with Crippen LogP contribution in [0.25, 0.3) is 0 Å². The zero-order valence-corrected chi connectivity index (χ0v) is 19.0. The van der Waals surface area contributed by atoms with Gasteiger partial charge in [-0.25, -0.2) is 4.79 Å². The number of allylic oxidation sites excluding steroid dienone is 1. The van der Waals surface area contributed by atoms with E-state index in [1.807, 2.05) is 6.92 Å². The van der Waals surface area contributed by atoms with Gasteiger partial charge < -0.3 is 15.3 Å². The van der Waals surface area contributed by atoms with Gasteiger partial charge in [0.25, 0.3) is 0 Å². The molecule has 0 aliphatic heterocycles. The number of carbonyl (C=O) groups is 1. The van der Waals surface area contributed by atoms with E-state index in [9.17, 15) is 27.9 Å². The van der Waals surface area contributed by atoms with Crippen LogP contribution in [0.15, 0.2) is 45.8 Å². The molecular formula is C25H30F3NO4. The van der Waals surface area contributed by atoms with E-state index in [1.54, 1.807) is 38.1 Å². The summed E-state index contributed by atoms with van der Waals surface area (Å²) in [5.74, 6) is -1.47. The Balaban J connectivity index is 2.14. The molecular weight excluding hydrogens is 435 g/mol. The van der Waals surface area contributed by atoms with Crippen LogP contribution in [0.2, 0.25) is 0 Å². The van der Waals surface area contributed by atoms with Gasteiger partial charge in [-0.2, -0.15) is 13.2 Å². The Hall–Kier alpha value is -3.03. The van der Waals surface area contributed by atoms with Crippen LogP contribution in [0.5, 0.6) is 5.75 Å². The van der Waals surface area contributed by atoms with Crippen LogP contribution in [0.1, 0.15) is 71.8 Å². The van der Waals surface area contributed by atoms with Crippen molar-refractivity contribution < 1.29 is 27.5 Å². The van der Waals surface area contributed by atoms with Crippen molar-refractivity contribution >= 4 is 5.78 Å². The maximum atomic E-state index is 12.9. The molecule has 0 fully saturated rings. The van der Waals surface area contributed by atoms with Crippen molar-refractivity contribution in [3.8, 4) is 5.75 Å². The first-order chi connectivity index (χ1) is 15.4. The number of nitrogens with two attached hydrogens (primary N) is 1. The molecule has 5 nitrogen and oxygen atoms in total. The minimum atomic E-state index is -4.22. The molecule has 0 radical (unpaired) electrons. The SMILES string of the molecule is Cc1cc(CCC(F)(F)F)ccc1C[C@H](C)C(=O)c1c(O)cc(C(C)CC/C=C/N)oc1=O. The van der Waals surface area contributed by atoms with Gasteiger partial charge in [0, 0.05) is 24.3 Å². The molecule has 0 amide bonds. The minimum absolute atomic E-state index is 0.110. The predicted molar refractivity (Wildman–Crippen MR) is 120 cm³/mol. The molecule has 0 spiro atoms. The second-order valence-corrected chi connectivity index (χ2v) is 8.45. The molecule has 1 unspecified atom stereocenters. The zero-order valence-electron chi connectivity index (χ0n) is 19.0. The molecule has 180 valence electrons. The number of alkyl halides is 3. The maximum Gasteiger partial charge on any atom is 0.389 e. The summed E-state index contributed by atoms with van der Waals surface area (Å²) in [6, 6.07) is 6.31. The van der Waals surface area contributed by atoms with Crippen molar-refractivity contribution in [1.29, 1.82) is 0 Å². The molecule has 1 aromatic heterocycles. The van der Waals surface area contributed by atoms with Gasteiger partial charge in [0.15, 0.2) is 5.78 Å².